The van der Waals surface area contributed by atoms with Crippen molar-refractivity contribution in [3.8, 4) is 0 Å². The molecule has 0 spiro atoms. The smallest absolute Gasteiger partial charge is 0.150 e. The van der Waals surface area contributed by atoms with E-state index < -0.39 is 0 Å². The highest BCUT2D eigenvalue weighted by Crippen LogP contribution is 2.13. The topological polar surface area (TPSA) is 34.1 Å². The molecule has 0 fully saturated rings. The van der Waals surface area contributed by atoms with Crippen LogP contribution in [0.1, 0.15) is 26.3 Å². The molecule has 1 aromatic carbocycles. The number of hydrogen-bond acceptors (Lipinski definition) is 2. The summed E-state index contributed by atoms with van der Waals surface area (Å²) in [5.41, 5.74) is 1.62. The van der Waals surface area contributed by atoms with Gasteiger partial charge in [0.05, 0.1) is 0 Å². The van der Waals surface area contributed by atoms with Crippen molar-refractivity contribution in [2.75, 3.05) is 5.88 Å². The SMILES string of the molecule is O=Cc1cccc(C=O)c1C=CCCl. The van der Waals surface area contributed by atoms with E-state index in [0.29, 0.717) is 22.6 Å². The Hall–Kier alpha value is -1.41. The zero-order valence-corrected chi connectivity index (χ0v) is 8.20. The van der Waals surface area contributed by atoms with Gasteiger partial charge in [-0.05, 0) is 5.56 Å². The minimum atomic E-state index is 0.353. The van der Waals surface area contributed by atoms with Crippen molar-refractivity contribution in [3.63, 3.8) is 0 Å². The molecule has 72 valence electrons. The fraction of sp³-hybridized carbons (Fsp3) is 0.0909. The Kier molecular flexibility index (Phi) is 4.08. The highest BCUT2D eigenvalue weighted by Gasteiger charge is 2.03. The first-order valence-electron chi connectivity index (χ1n) is 4.09. The van der Waals surface area contributed by atoms with Crippen LogP contribution in [-0.2, 0) is 0 Å². The molecule has 3 heteroatoms. The lowest BCUT2D eigenvalue weighted by molar-refractivity contribution is 0.112. The predicted molar refractivity (Wildman–Crippen MR) is 57.0 cm³/mol. The molecule has 0 amide bonds. The minimum Gasteiger partial charge on any atom is -0.298 e. The van der Waals surface area contributed by atoms with E-state index >= 15 is 0 Å². The van der Waals surface area contributed by atoms with Gasteiger partial charge in [0.15, 0.2) is 12.6 Å². The van der Waals surface area contributed by atoms with E-state index in [0.717, 1.165) is 12.6 Å². The fourth-order valence-electron chi connectivity index (χ4n) is 1.16. The van der Waals surface area contributed by atoms with Crippen LogP contribution in [-0.4, -0.2) is 18.5 Å². The van der Waals surface area contributed by atoms with Crippen molar-refractivity contribution in [1.82, 2.24) is 0 Å². The van der Waals surface area contributed by atoms with Crippen molar-refractivity contribution < 1.29 is 9.59 Å². The number of hydrogen-bond donors (Lipinski definition) is 0. The molecule has 0 unspecified atom stereocenters. The van der Waals surface area contributed by atoms with Crippen LogP contribution in [0.4, 0.5) is 0 Å². The van der Waals surface area contributed by atoms with E-state index in [4.69, 9.17) is 11.6 Å². The van der Waals surface area contributed by atoms with Crippen molar-refractivity contribution in [1.29, 1.82) is 0 Å². The maximum atomic E-state index is 10.7. The monoisotopic (exact) mass is 208 g/mol. The number of alkyl halides is 1. The second-order valence-corrected chi connectivity index (χ2v) is 2.95. The van der Waals surface area contributed by atoms with Crippen LogP contribution in [0.15, 0.2) is 24.3 Å². The summed E-state index contributed by atoms with van der Waals surface area (Å²) in [6.45, 7) is 0. The molecule has 0 atom stereocenters. The Labute approximate surface area is 87.2 Å². The fourth-order valence-corrected chi connectivity index (χ4v) is 1.25. The van der Waals surface area contributed by atoms with Gasteiger partial charge in [-0.3, -0.25) is 9.59 Å². The molecule has 0 aromatic heterocycles. The maximum absolute atomic E-state index is 10.7. The van der Waals surface area contributed by atoms with Gasteiger partial charge in [-0.15, -0.1) is 11.6 Å². The zero-order chi connectivity index (χ0) is 10.4. The molecule has 0 N–H and O–H groups in total. The second kappa shape index (κ2) is 5.35. The van der Waals surface area contributed by atoms with Gasteiger partial charge in [-0.1, -0.05) is 30.4 Å². The lowest BCUT2D eigenvalue weighted by atomic mass is 10.0. The van der Waals surface area contributed by atoms with Crippen molar-refractivity contribution in [2.24, 2.45) is 0 Å². The van der Waals surface area contributed by atoms with E-state index in [2.05, 4.69) is 0 Å². The lowest BCUT2D eigenvalue weighted by Gasteiger charge is -2.01. The Morgan fingerprint density at radius 3 is 2.14 bits per heavy atom. The second-order valence-electron chi connectivity index (χ2n) is 2.64. The molecule has 14 heavy (non-hydrogen) atoms. The molecule has 0 saturated heterocycles. The Morgan fingerprint density at radius 1 is 1.14 bits per heavy atom. The molecule has 0 bridgehead atoms. The van der Waals surface area contributed by atoms with Gasteiger partial charge >= 0.3 is 0 Å². The third kappa shape index (κ3) is 2.30. The normalized spacial score (nSPS) is 10.4. The van der Waals surface area contributed by atoms with Gasteiger partial charge in [0.2, 0.25) is 0 Å². The van der Waals surface area contributed by atoms with Crippen molar-refractivity contribution in [2.45, 2.75) is 0 Å². The summed E-state index contributed by atoms with van der Waals surface area (Å²) in [7, 11) is 0. The van der Waals surface area contributed by atoms with E-state index in [1.165, 1.54) is 0 Å². The summed E-state index contributed by atoms with van der Waals surface area (Å²) in [6, 6.07) is 4.99. The van der Waals surface area contributed by atoms with Gasteiger partial charge in [-0.25, -0.2) is 0 Å². The molecule has 1 aromatic rings. The molecule has 0 saturated carbocycles. The van der Waals surface area contributed by atoms with Crippen LogP contribution in [0.5, 0.6) is 0 Å². The molecule has 0 aliphatic carbocycles. The van der Waals surface area contributed by atoms with Gasteiger partial charge in [0.1, 0.15) is 0 Å². The van der Waals surface area contributed by atoms with Crippen LogP contribution in [0.3, 0.4) is 0 Å². The summed E-state index contributed by atoms with van der Waals surface area (Å²) in [5.74, 6) is 0.353. The maximum Gasteiger partial charge on any atom is 0.150 e. The quantitative estimate of drug-likeness (QED) is 0.563. The molecular weight excluding hydrogens is 200 g/mol. The number of carbonyl (C=O) groups excluding carboxylic acids is 2. The van der Waals surface area contributed by atoms with Gasteiger partial charge in [-0.2, -0.15) is 0 Å². The number of rotatable bonds is 4. The van der Waals surface area contributed by atoms with Crippen LogP contribution in [0, 0.1) is 0 Å². The lowest BCUT2D eigenvalue weighted by Crippen LogP contribution is -1.92. The summed E-state index contributed by atoms with van der Waals surface area (Å²) >= 11 is 5.48. The predicted octanol–water partition coefficient (Wildman–Crippen LogP) is 2.56. The standard InChI is InChI=1S/C11H9ClO2/c12-6-2-5-11-9(7-13)3-1-4-10(11)8-14/h1-5,7-8H,6H2. The zero-order valence-electron chi connectivity index (χ0n) is 7.44. The molecule has 2 nitrogen and oxygen atoms in total. The first-order chi connectivity index (χ1) is 6.83. The number of aldehydes is 2. The third-order valence-corrected chi connectivity index (χ3v) is 1.98. The third-order valence-electron chi connectivity index (χ3n) is 1.80. The van der Waals surface area contributed by atoms with Crippen LogP contribution in [0.25, 0.3) is 6.08 Å². The van der Waals surface area contributed by atoms with Crippen LogP contribution in [0.2, 0.25) is 0 Å². The van der Waals surface area contributed by atoms with Gasteiger partial charge in [0, 0.05) is 17.0 Å². The van der Waals surface area contributed by atoms with E-state index in [-0.39, 0.29) is 0 Å². The first kappa shape index (κ1) is 10.7. The van der Waals surface area contributed by atoms with E-state index in [9.17, 15) is 9.59 Å². The highest BCUT2D eigenvalue weighted by molar-refractivity contribution is 6.19. The molecule has 0 heterocycles. The Morgan fingerprint density at radius 2 is 1.71 bits per heavy atom. The molecule has 1 rings (SSSR count). The average Bonchev–Trinajstić information content (AvgIpc) is 2.25. The Bertz CT molecular complexity index is 343. The van der Waals surface area contributed by atoms with Crippen molar-refractivity contribution >= 4 is 30.2 Å². The molecule has 0 aliphatic rings. The first-order valence-corrected chi connectivity index (χ1v) is 4.62. The van der Waals surface area contributed by atoms with Crippen LogP contribution >= 0.6 is 11.6 Å². The molecular formula is C11H9ClO2. The number of halogens is 1. The molecule has 0 radical (unpaired) electrons. The number of carbonyl (C=O) groups is 2. The van der Waals surface area contributed by atoms with Gasteiger partial charge < -0.3 is 0 Å². The average molecular weight is 209 g/mol. The Balaban J connectivity index is 3.25. The highest BCUT2D eigenvalue weighted by atomic mass is 35.5. The summed E-state index contributed by atoms with van der Waals surface area (Å²) in [5, 5.41) is 0. The number of benzene rings is 1. The number of allylic oxidation sites excluding steroid dienone is 1. The largest absolute Gasteiger partial charge is 0.298 e. The van der Waals surface area contributed by atoms with Gasteiger partial charge in [0.25, 0.3) is 0 Å². The summed E-state index contributed by atoms with van der Waals surface area (Å²) in [4.78, 5) is 21.4. The van der Waals surface area contributed by atoms with Crippen molar-refractivity contribution in [3.05, 3.63) is 41.0 Å². The van der Waals surface area contributed by atoms with Crippen LogP contribution < -0.4 is 0 Å². The molecule has 0 aliphatic heterocycles. The summed E-state index contributed by atoms with van der Waals surface area (Å²) in [6.07, 6.45) is 4.82. The minimum absolute atomic E-state index is 0.353. The van der Waals surface area contributed by atoms with E-state index in [1.54, 1.807) is 30.4 Å². The van der Waals surface area contributed by atoms with E-state index in [1.807, 2.05) is 0 Å². The summed E-state index contributed by atoms with van der Waals surface area (Å²) < 4.78 is 0.